The molecule has 0 bridgehead atoms. The van der Waals surface area contributed by atoms with Gasteiger partial charge in [-0.05, 0) is 49.8 Å². The van der Waals surface area contributed by atoms with Crippen LogP contribution in [0, 0.1) is 0 Å². The standard InChI is InChI=1S/C23H24N4O2S2/c1-2-3-12-27-22(29)14-8-4-6-10-16(14)24-23(27)30-13-18-25-20(28)19-15-9-5-7-11-17(15)31-21(19)26-18/h4,6,8,10H,2-3,5,7,9,11-13H2,1H3,(H,25,26,28). The lowest BCUT2D eigenvalue weighted by atomic mass is 9.97. The third-order valence-electron chi connectivity index (χ3n) is 5.77. The Morgan fingerprint density at radius 3 is 2.87 bits per heavy atom. The molecule has 0 radical (unpaired) electrons. The predicted molar refractivity (Wildman–Crippen MR) is 127 cm³/mol. The van der Waals surface area contributed by atoms with Gasteiger partial charge in [-0.15, -0.1) is 11.3 Å². The van der Waals surface area contributed by atoms with Crippen LogP contribution < -0.4 is 11.1 Å². The van der Waals surface area contributed by atoms with Gasteiger partial charge in [-0.3, -0.25) is 14.2 Å². The van der Waals surface area contributed by atoms with Gasteiger partial charge in [-0.1, -0.05) is 37.2 Å². The van der Waals surface area contributed by atoms with Crippen molar-refractivity contribution >= 4 is 44.2 Å². The monoisotopic (exact) mass is 452 g/mol. The summed E-state index contributed by atoms with van der Waals surface area (Å²) in [5.41, 5.74) is 1.84. The van der Waals surface area contributed by atoms with Crippen LogP contribution in [0.1, 0.15) is 48.9 Å². The Hall–Kier alpha value is -2.45. The summed E-state index contributed by atoms with van der Waals surface area (Å²) in [6.45, 7) is 2.74. The lowest BCUT2D eigenvalue weighted by molar-refractivity contribution is 0.557. The molecule has 0 unspecified atom stereocenters. The molecule has 0 fully saturated rings. The van der Waals surface area contributed by atoms with Crippen LogP contribution in [0.15, 0.2) is 39.0 Å². The number of thiophene rings is 1. The number of fused-ring (bicyclic) bond motifs is 4. The molecular formula is C23H24N4O2S2. The number of hydrogen-bond donors (Lipinski definition) is 1. The zero-order valence-corrected chi connectivity index (χ0v) is 19.1. The minimum absolute atomic E-state index is 0.00983. The maximum Gasteiger partial charge on any atom is 0.262 e. The molecule has 3 aromatic heterocycles. The number of thioether (sulfide) groups is 1. The van der Waals surface area contributed by atoms with Crippen molar-refractivity contribution in [1.29, 1.82) is 0 Å². The van der Waals surface area contributed by atoms with Gasteiger partial charge in [-0.2, -0.15) is 0 Å². The lowest BCUT2D eigenvalue weighted by Gasteiger charge is -2.12. The van der Waals surface area contributed by atoms with Gasteiger partial charge in [0.25, 0.3) is 11.1 Å². The molecule has 3 heterocycles. The van der Waals surface area contributed by atoms with Crippen LogP contribution in [0.3, 0.4) is 0 Å². The lowest BCUT2D eigenvalue weighted by Crippen LogP contribution is -2.23. The summed E-state index contributed by atoms with van der Waals surface area (Å²) >= 11 is 3.11. The summed E-state index contributed by atoms with van der Waals surface area (Å²) in [5, 5.41) is 2.09. The molecule has 0 amide bonds. The first kappa shape index (κ1) is 20.5. The van der Waals surface area contributed by atoms with Gasteiger partial charge in [0.1, 0.15) is 10.7 Å². The van der Waals surface area contributed by atoms with Gasteiger partial charge in [0.15, 0.2) is 5.16 Å². The van der Waals surface area contributed by atoms with E-state index >= 15 is 0 Å². The molecule has 31 heavy (non-hydrogen) atoms. The minimum atomic E-state index is -0.0464. The third-order valence-corrected chi connectivity index (χ3v) is 7.95. The number of unbranched alkanes of at least 4 members (excludes halogenated alkanes) is 1. The summed E-state index contributed by atoms with van der Waals surface area (Å²) in [5.74, 6) is 1.09. The summed E-state index contributed by atoms with van der Waals surface area (Å²) in [6.07, 6.45) is 6.25. The highest BCUT2D eigenvalue weighted by Crippen LogP contribution is 2.33. The number of benzene rings is 1. The summed E-state index contributed by atoms with van der Waals surface area (Å²) in [7, 11) is 0. The molecule has 160 valence electrons. The van der Waals surface area contributed by atoms with Crippen molar-refractivity contribution in [2.24, 2.45) is 0 Å². The zero-order chi connectivity index (χ0) is 21.4. The highest BCUT2D eigenvalue weighted by atomic mass is 32.2. The Morgan fingerprint density at radius 1 is 1.16 bits per heavy atom. The van der Waals surface area contributed by atoms with Crippen molar-refractivity contribution in [3.63, 3.8) is 0 Å². The van der Waals surface area contributed by atoms with E-state index in [0.717, 1.165) is 42.3 Å². The number of aromatic amines is 1. The highest BCUT2D eigenvalue weighted by Gasteiger charge is 2.20. The van der Waals surface area contributed by atoms with Gasteiger partial charge in [-0.25, -0.2) is 9.97 Å². The maximum absolute atomic E-state index is 13.0. The molecule has 1 aromatic carbocycles. The van der Waals surface area contributed by atoms with E-state index in [4.69, 9.17) is 9.97 Å². The van der Waals surface area contributed by atoms with Crippen LogP contribution >= 0.6 is 23.1 Å². The number of aromatic nitrogens is 4. The van der Waals surface area contributed by atoms with E-state index in [1.165, 1.54) is 28.6 Å². The second kappa shape index (κ2) is 8.59. The summed E-state index contributed by atoms with van der Waals surface area (Å²) in [4.78, 5) is 40.5. The Labute approximate surface area is 187 Å². The first-order valence-corrected chi connectivity index (χ1v) is 12.6. The first-order chi connectivity index (χ1) is 15.2. The molecule has 0 spiro atoms. The SMILES string of the molecule is CCCCn1c(SCc2nc3sc4c(c3c(=O)[nH]2)CCCC4)nc2ccccc2c1=O. The van der Waals surface area contributed by atoms with Crippen LogP contribution in [0.25, 0.3) is 21.1 Å². The number of nitrogens with one attached hydrogen (secondary N) is 1. The van der Waals surface area contributed by atoms with Crippen molar-refractivity contribution in [2.45, 2.75) is 62.9 Å². The first-order valence-electron chi connectivity index (χ1n) is 10.8. The van der Waals surface area contributed by atoms with Gasteiger partial charge in [0.2, 0.25) is 0 Å². The van der Waals surface area contributed by atoms with Crippen LogP contribution in [-0.2, 0) is 25.1 Å². The van der Waals surface area contributed by atoms with Crippen LogP contribution in [-0.4, -0.2) is 19.5 Å². The van der Waals surface area contributed by atoms with E-state index in [2.05, 4.69) is 11.9 Å². The number of H-pyrrole nitrogens is 1. The van der Waals surface area contributed by atoms with Gasteiger partial charge >= 0.3 is 0 Å². The Balaban J connectivity index is 1.50. The molecule has 0 aliphatic heterocycles. The quantitative estimate of drug-likeness (QED) is 0.340. The average Bonchev–Trinajstić information content (AvgIpc) is 3.16. The smallest absolute Gasteiger partial charge is 0.262 e. The molecule has 1 aliphatic rings. The fourth-order valence-electron chi connectivity index (χ4n) is 4.18. The Morgan fingerprint density at radius 2 is 2.00 bits per heavy atom. The topological polar surface area (TPSA) is 80.6 Å². The summed E-state index contributed by atoms with van der Waals surface area (Å²) in [6, 6.07) is 7.46. The summed E-state index contributed by atoms with van der Waals surface area (Å²) < 4.78 is 1.76. The number of hydrogen-bond acceptors (Lipinski definition) is 6. The van der Waals surface area contributed by atoms with Gasteiger partial charge in [0.05, 0.1) is 22.0 Å². The Kier molecular flexibility index (Phi) is 5.67. The molecule has 0 atom stereocenters. The minimum Gasteiger partial charge on any atom is -0.309 e. The molecule has 0 saturated heterocycles. The zero-order valence-electron chi connectivity index (χ0n) is 17.4. The number of para-hydroxylation sites is 1. The van der Waals surface area contributed by atoms with Gasteiger partial charge < -0.3 is 4.98 Å². The molecule has 5 rings (SSSR count). The predicted octanol–water partition coefficient (Wildman–Crippen LogP) is 4.67. The van der Waals surface area contributed by atoms with Crippen molar-refractivity contribution in [2.75, 3.05) is 0 Å². The highest BCUT2D eigenvalue weighted by molar-refractivity contribution is 7.98. The Bertz CT molecular complexity index is 1390. The molecular weight excluding hydrogens is 428 g/mol. The molecule has 0 saturated carbocycles. The molecule has 8 heteroatoms. The van der Waals surface area contributed by atoms with E-state index in [0.29, 0.717) is 34.2 Å². The molecule has 4 aromatic rings. The normalized spacial score (nSPS) is 13.7. The fraction of sp³-hybridized carbons (Fsp3) is 0.391. The number of aryl methyl sites for hydroxylation is 2. The van der Waals surface area contributed by atoms with E-state index in [9.17, 15) is 9.59 Å². The van der Waals surface area contributed by atoms with Crippen LogP contribution in [0.4, 0.5) is 0 Å². The van der Waals surface area contributed by atoms with Crippen LogP contribution in [0.5, 0.6) is 0 Å². The van der Waals surface area contributed by atoms with Crippen molar-refractivity contribution in [3.05, 3.63) is 61.2 Å². The van der Waals surface area contributed by atoms with Crippen molar-refractivity contribution in [1.82, 2.24) is 19.5 Å². The second-order valence-electron chi connectivity index (χ2n) is 7.91. The van der Waals surface area contributed by atoms with E-state index in [1.807, 2.05) is 24.3 Å². The maximum atomic E-state index is 13.0. The average molecular weight is 453 g/mol. The molecule has 1 N–H and O–H groups in total. The van der Waals surface area contributed by atoms with E-state index in [-0.39, 0.29) is 11.1 Å². The molecule has 6 nitrogen and oxygen atoms in total. The fourth-order valence-corrected chi connectivity index (χ4v) is 6.36. The van der Waals surface area contributed by atoms with E-state index in [1.54, 1.807) is 15.9 Å². The largest absolute Gasteiger partial charge is 0.309 e. The van der Waals surface area contributed by atoms with Crippen molar-refractivity contribution in [3.8, 4) is 0 Å². The number of nitrogens with zero attached hydrogens (tertiary/aromatic N) is 3. The number of rotatable bonds is 6. The van der Waals surface area contributed by atoms with E-state index < -0.39 is 0 Å². The molecule has 1 aliphatic carbocycles. The van der Waals surface area contributed by atoms with Gasteiger partial charge in [0, 0.05) is 11.4 Å². The second-order valence-corrected chi connectivity index (χ2v) is 9.94. The van der Waals surface area contributed by atoms with Crippen molar-refractivity contribution < 1.29 is 0 Å². The van der Waals surface area contributed by atoms with Crippen LogP contribution in [0.2, 0.25) is 0 Å². The third kappa shape index (κ3) is 3.83.